The fourth-order valence-corrected chi connectivity index (χ4v) is 4.25. The molecule has 0 radical (unpaired) electrons. The van der Waals surface area contributed by atoms with Crippen LogP contribution >= 0.6 is 11.3 Å². The van der Waals surface area contributed by atoms with Crippen LogP contribution in [0.1, 0.15) is 35.4 Å². The van der Waals surface area contributed by atoms with Gasteiger partial charge < -0.3 is 10.2 Å². The maximum Gasteiger partial charge on any atom is 0.261 e. The number of likely N-dealkylation sites (tertiary alicyclic amines) is 1. The van der Waals surface area contributed by atoms with Crippen molar-refractivity contribution in [3.05, 3.63) is 35.0 Å². The van der Waals surface area contributed by atoms with Crippen LogP contribution in [0.3, 0.4) is 0 Å². The number of rotatable bonds is 4. The second-order valence-corrected chi connectivity index (χ2v) is 7.87. The Hall–Kier alpha value is -1.46. The second kappa shape index (κ2) is 6.21. The molecular weight excluding hydrogens is 311 g/mol. The molecule has 1 aliphatic carbocycles. The average Bonchev–Trinajstić information content (AvgIpc) is 3.25. The lowest BCUT2D eigenvalue weighted by atomic mass is 10.0. The number of hydrogen-bond donors (Lipinski definition) is 1. The van der Waals surface area contributed by atoms with Gasteiger partial charge in [-0.1, -0.05) is 0 Å². The zero-order chi connectivity index (χ0) is 15.8. The van der Waals surface area contributed by atoms with Crippen LogP contribution < -0.4 is 5.32 Å². The monoisotopic (exact) mass is 332 g/mol. The molecule has 1 aromatic carbocycles. The Bertz CT molecular complexity index is 717. The first kappa shape index (κ1) is 15.1. The van der Waals surface area contributed by atoms with Crippen molar-refractivity contribution in [1.82, 2.24) is 10.2 Å². The Kier molecular flexibility index (Phi) is 4.07. The molecule has 1 saturated carbocycles. The van der Waals surface area contributed by atoms with E-state index in [1.807, 2.05) is 0 Å². The zero-order valence-corrected chi connectivity index (χ0v) is 13.9. The fraction of sp³-hybridized carbons (Fsp3) is 0.500. The topological polar surface area (TPSA) is 32.3 Å². The van der Waals surface area contributed by atoms with Gasteiger partial charge in [0.05, 0.1) is 4.88 Å². The van der Waals surface area contributed by atoms with Gasteiger partial charge in [0.15, 0.2) is 0 Å². The van der Waals surface area contributed by atoms with Gasteiger partial charge in [-0.2, -0.15) is 0 Å². The number of carbonyl (C=O) groups is 1. The van der Waals surface area contributed by atoms with E-state index in [9.17, 15) is 9.18 Å². The predicted molar refractivity (Wildman–Crippen MR) is 91.4 cm³/mol. The number of benzene rings is 1. The van der Waals surface area contributed by atoms with Crippen molar-refractivity contribution in [2.45, 2.75) is 31.7 Å². The van der Waals surface area contributed by atoms with Crippen molar-refractivity contribution in [2.24, 2.45) is 5.92 Å². The Morgan fingerprint density at radius 2 is 2.00 bits per heavy atom. The van der Waals surface area contributed by atoms with Crippen LogP contribution in [-0.4, -0.2) is 36.5 Å². The number of carbonyl (C=O) groups excluding carboxylic acids is 1. The number of halogens is 1. The molecular formula is C18H21FN2OS. The molecule has 2 fully saturated rings. The largest absolute Gasteiger partial charge is 0.349 e. The number of amides is 1. The van der Waals surface area contributed by atoms with Crippen LogP contribution in [0, 0.1) is 11.7 Å². The summed E-state index contributed by atoms with van der Waals surface area (Å²) in [5.74, 6) is 0.651. The highest BCUT2D eigenvalue weighted by molar-refractivity contribution is 7.20. The molecule has 2 heterocycles. The van der Waals surface area contributed by atoms with E-state index in [2.05, 4.69) is 10.2 Å². The molecule has 0 spiro atoms. The highest BCUT2D eigenvalue weighted by Crippen LogP contribution is 2.30. The van der Waals surface area contributed by atoms with Crippen molar-refractivity contribution in [3.63, 3.8) is 0 Å². The smallest absolute Gasteiger partial charge is 0.261 e. The molecule has 0 atom stereocenters. The molecule has 1 amide bonds. The van der Waals surface area contributed by atoms with Crippen molar-refractivity contribution in [2.75, 3.05) is 19.6 Å². The summed E-state index contributed by atoms with van der Waals surface area (Å²) in [5.41, 5.74) is 0. The van der Waals surface area contributed by atoms with Crippen LogP contribution in [0.5, 0.6) is 0 Å². The van der Waals surface area contributed by atoms with Gasteiger partial charge in [0, 0.05) is 30.4 Å². The number of fused-ring (bicyclic) bond motifs is 1. The van der Waals surface area contributed by atoms with E-state index in [0.717, 1.165) is 41.9 Å². The summed E-state index contributed by atoms with van der Waals surface area (Å²) < 4.78 is 14.2. The number of thiophene rings is 1. The van der Waals surface area contributed by atoms with E-state index >= 15 is 0 Å². The van der Waals surface area contributed by atoms with E-state index in [-0.39, 0.29) is 17.8 Å². The number of hydrogen-bond acceptors (Lipinski definition) is 3. The Morgan fingerprint density at radius 3 is 2.74 bits per heavy atom. The number of nitrogens with zero attached hydrogens (tertiary/aromatic N) is 1. The molecule has 5 heteroatoms. The third-order valence-corrected chi connectivity index (χ3v) is 5.95. The maximum absolute atomic E-state index is 13.3. The van der Waals surface area contributed by atoms with Crippen LogP contribution in [0.25, 0.3) is 10.1 Å². The minimum Gasteiger partial charge on any atom is -0.349 e. The molecule has 0 unspecified atom stereocenters. The number of nitrogens with one attached hydrogen (secondary N) is 1. The Labute approximate surface area is 139 Å². The first-order valence-corrected chi connectivity index (χ1v) is 9.21. The first-order chi connectivity index (χ1) is 11.2. The summed E-state index contributed by atoms with van der Waals surface area (Å²) in [4.78, 5) is 15.6. The summed E-state index contributed by atoms with van der Waals surface area (Å²) in [6.07, 6.45) is 4.84. The zero-order valence-electron chi connectivity index (χ0n) is 13.1. The molecule has 2 aromatic rings. The molecule has 0 bridgehead atoms. The lowest BCUT2D eigenvalue weighted by molar-refractivity contribution is 0.0914. The van der Waals surface area contributed by atoms with Crippen molar-refractivity contribution < 1.29 is 9.18 Å². The highest BCUT2D eigenvalue weighted by atomic mass is 32.1. The van der Waals surface area contributed by atoms with Gasteiger partial charge in [-0.25, -0.2) is 4.39 Å². The molecule has 1 aromatic heterocycles. The summed E-state index contributed by atoms with van der Waals surface area (Å²) >= 11 is 1.43. The molecule has 1 saturated heterocycles. The first-order valence-electron chi connectivity index (χ1n) is 8.40. The number of piperidine rings is 1. The van der Waals surface area contributed by atoms with E-state index in [4.69, 9.17) is 0 Å². The second-order valence-electron chi connectivity index (χ2n) is 6.78. The quantitative estimate of drug-likeness (QED) is 0.927. The SMILES string of the molecule is O=C(NC1CCN(CC2CC2)CC1)c1cc2cc(F)ccc2s1. The minimum absolute atomic E-state index is 0.0211. The van der Waals surface area contributed by atoms with Gasteiger partial charge in [-0.3, -0.25) is 4.79 Å². The van der Waals surface area contributed by atoms with Gasteiger partial charge in [0.25, 0.3) is 5.91 Å². The van der Waals surface area contributed by atoms with E-state index in [1.54, 1.807) is 12.1 Å². The molecule has 1 aliphatic heterocycles. The van der Waals surface area contributed by atoms with Gasteiger partial charge in [-0.05, 0) is 61.3 Å². The van der Waals surface area contributed by atoms with Crippen molar-refractivity contribution in [1.29, 1.82) is 0 Å². The van der Waals surface area contributed by atoms with Crippen LogP contribution in [0.2, 0.25) is 0 Å². The molecule has 122 valence electrons. The normalized spacial score (nSPS) is 20.0. The molecule has 3 nitrogen and oxygen atoms in total. The summed E-state index contributed by atoms with van der Waals surface area (Å²) in [6.45, 7) is 3.40. The van der Waals surface area contributed by atoms with E-state index < -0.39 is 0 Å². The fourth-order valence-electron chi connectivity index (χ4n) is 3.31. The minimum atomic E-state index is -0.259. The highest BCUT2D eigenvalue weighted by Gasteiger charge is 2.27. The lowest BCUT2D eigenvalue weighted by Gasteiger charge is -2.32. The Balaban J connectivity index is 1.35. The van der Waals surface area contributed by atoms with Crippen LogP contribution in [0.15, 0.2) is 24.3 Å². The predicted octanol–water partition coefficient (Wildman–Crippen LogP) is 3.64. The maximum atomic E-state index is 13.3. The van der Waals surface area contributed by atoms with Gasteiger partial charge >= 0.3 is 0 Å². The van der Waals surface area contributed by atoms with Gasteiger partial charge in [0.1, 0.15) is 5.82 Å². The summed E-state index contributed by atoms with van der Waals surface area (Å²) in [7, 11) is 0. The van der Waals surface area contributed by atoms with Crippen molar-refractivity contribution in [3.8, 4) is 0 Å². The molecule has 23 heavy (non-hydrogen) atoms. The summed E-state index contributed by atoms with van der Waals surface area (Å²) in [6, 6.07) is 6.72. The molecule has 2 aliphatic rings. The molecule has 4 rings (SSSR count). The third-order valence-electron chi connectivity index (χ3n) is 4.84. The van der Waals surface area contributed by atoms with Gasteiger partial charge in [0.2, 0.25) is 0 Å². The van der Waals surface area contributed by atoms with Crippen molar-refractivity contribution >= 4 is 27.3 Å². The third kappa shape index (κ3) is 3.56. The van der Waals surface area contributed by atoms with Crippen LogP contribution in [0.4, 0.5) is 4.39 Å². The van der Waals surface area contributed by atoms with Gasteiger partial charge in [-0.15, -0.1) is 11.3 Å². The van der Waals surface area contributed by atoms with E-state index in [1.165, 1.54) is 42.9 Å². The van der Waals surface area contributed by atoms with E-state index in [0.29, 0.717) is 4.88 Å². The molecule has 1 N–H and O–H groups in total. The van der Waals surface area contributed by atoms with Crippen LogP contribution in [-0.2, 0) is 0 Å². The average molecular weight is 332 g/mol. The Morgan fingerprint density at radius 1 is 1.22 bits per heavy atom. The standard InChI is InChI=1S/C18H21FN2OS/c19-14-3-4-16-13(9-14)10-17(23-16)18(22)20-15-5-7-21(8-6-15)11-12-1-2-12/h3-4,9-10,12,15H,1-2,5-8,11H2,(H,20,22). The lowest BCUT2D eigenvalue weighted by Crippen LogP contribution is -2.45. The summed E-state index contributed by atoms with van der Waals surface area (Å²) in [5, 5.41) is 3.96.